The second-order valence-corrected chi connectivity index (χ2v) is 9.67. The maximum absolute atomic E-state index is 14.1. The number of aromatic nitrogens is 2. The van der Waals surface area contributed by atoms with Gasteiger partial charge in [0.05, 0.1) is 42.3 Å². The van der Waals surface area contributed by atoms with Crippen molar-refractivity contribution in [3.8, 4) is 17.2 Å². The van der Waals surface area contributed by atoms with Gasteiger partial charge in [0.2, 0.25) is 5.75 Å². The van der Waals surface area contributed by atoms with Crippen molar-refractivity contribution in [2.75, 3.05) is 24.7 Å². The fourth-order valence-corrected chi connectivity index (χ4v) is 5.09. The van der Waals surface area contributed by atoms with Gasteiger partial charge in [-0.2, -0.15) is 0 Å². The van der Waals surface area contributed by atoms with E-state index < -0.39 is 0 Å². The normalized spacial score (nSPS) is 11.1. The molecule has 8 heteroatoms. The molecule has 0 bridgehead atoms. The molecular formula is C29H33N3O4S. The average Bonchev–Trinajstić information content (AvgIpc) is 3.33. The van der Waals surface area contributed by atoms with Gasteiger partial charge in [-0.3, -0.25) is 14.7 Å². The minimum absolute atomic E-state index is 0.222. The van der Waals surface area contributed by atoms with Crippen molar-refractivity contribution in [2.24, 2.45) is 0 Å². The fraction of sp³-hybridized carbons (Fsp3) is 0.345. The second kappa shape index (κ2) is 12.1. The first-order valence-corrected chi connectivity index (χ1v) is 13.5. The van der Waals surface area contributed by atoms with E-state index in [1.807, 2.05) is 51.1 Å². The van der Waals surface area contributed by atoms with Gasteiger partial charge >= 0.3 is 0 Å². The highest BCUT2D eigenvalue weighted by Gasteiger charge is 2.26. The van der Waals surface area contributed by atoms with Crippen molar-refractivity contribution in [3.05, 3.63) is 71.5 Å². The topological polar surface area (TPSA) is 73.8 Å². The molecule has 0 aliphatic carbocycles. The molecule has 0 N–H and O–H groups in total. The molecule has 194 valence electrons. The van der Waals surface area contributed by atoms with Crippen LogP contribution in [-0.2, 0) is 6.54 Å². The number of amides is 1. The Bertz CT molecular complexity index is 1330. The molecule has 0 fully saturated rings. The van der Waals surface area contributed by atoms with Crippen LogP contribution in [0.5, 0.6) is 17.2 Å². The van der Waals surface area contributed by atoms with Crippen LogP contribution in [0.15, 0.2) is 54.7 Å². The molecule has 4 rings (SSSR count). The molecule has 0 radical (unpaired) electrons. The lowest BCUT2D eigenvalue weighted by Gasteiger charge is -2.22. The molecule has 0 saturated carbocycles. The maximum atomic E-state index is 14.1. The van der Waals surface area contributed by atoms with Gasteiger partial charge < -0.3 is 14.2 Å². The first-order valence-electron chi connectivity index (χ1n) is 12.6. The minimum Gasteiger partial charge on any atom is -0.490 e. The molecule has 0 spiro atoms. The number of fused-ring (bicyclic) bond motifs is 1. The molecular weight excluding hydrogens is 486 g/mol. The van der Waals surface area contributed by atoms with Crippen LogP contribution in [-0.4, -0.2) is 35.7 Å². The van der Waals surface area contributed by atoms with E-state index in [1.54, 1.807) is 23.2 Å². The molecule has 1 amide bonds. The number of para-hydroxylation sites is 1. The van der Waals surface area contributed by atoms with Gasteiger partial charge in [0.15, 0.2) is 16.6 Å². The monoisotopic (exact) mass is 519 g/mol. The summed E-state index contributed by atoms with van der Waals surface area (Å²) in [6, 6.07) is 15.3. The highest BCUT2D eigenvalue weighted by molar-refractivity contribution is 7.22. The highest BCUT2D eigenvalue weighted by atomic mass is 32.1. The molecule has 2 heterocycles. The van der Waals surface area contributed by atoms with E-state index in [0.717, 1.165) is 21.5 Å². The summed E-state index contributed by atoms with van der Waals surface area (Å²) < 4.78 is 18.6. The van der Waals surface area contributed by atoms with Crippen LogP contribution in [0.2, 0.25) is 0 Å². The number of carbonyl (C=O) groups is 1. The number of nitrogens with zero attached hydrogens (tertiary/aromatic N) is 3. The van der Waals surface area contributed by atoms with Crippen LogP contribution in [0.25, 0.3) is 10.2 Å². The predicted molar refractivity (Wildman–Crippen MR) is 148 cm³/mol. The summed E-state index contributed by atoms with van der Waals surface area (Å²) in [5.74, 6) is 1.54. The van der Waals surface area contributed by atoms with E-state index in [4.69, 9.17) is 19.2 Å². The van der Waals surface area contributed by atoms with Gasteiger partial charge in [-0.15, -0.1) is 0 Å². The van der Waals surface area contributed by atoms with Crippen LogP contribution in [0.4, 0.5) is 5.13 Å². The third kappa shape index (κ3) is 5.85. The van der Waals surface area contributed by atoms with E-state index in [0.29, 0.717) is 53.7 Å². The molecule has 2 aromatic heterocycles. The van der Waals surface area contributed by atoms with Crippen LogP contribution < -0.4 is 19.1 Å². The molecule has 0 unspecified atom stereocenters. The summed E-state index contributed by atoms with van der Waals surface area (Å²) in [6.07, 6.45) is 1.73. The molecule has 0 aliphatic rings. The number of thiazole rings is 1. The average molecular weight is 520 g/mol. The van der Waals surface area contributed by atoms with Gasteiger partial charge in [0.25, 0.3) is 5.91 Å². The quantitative estimate of drug-likeness (QED) is 0.216. The standard InChI is InChI=1S/C29H33N3O4S/c1-6-34-23-16-20(17-24(35-7-2)27(23)36-8-3)28(33)32(18-21-12-9-10-15-30-21)29-31-26-22(19(4)5)13-11-14-25(26)37-29/h9-17,19H,6-8,18H2,1-5H3. The summed E-state index contributed by atoms with van der Waals surface area (Å²) in [5.41, 5.74) is 3.27. The smallest absolute Gasteiger partial charge is 0.260 e. The number of pyridine rings is 1. The van der Waals surface area contributed by atoms with Crippen LogP contribution in [0.1, 0.15) is 62.2 Å². The van der Waals surface area contributed by atoms with E-state index in [2.05, 4.69) is 24.9 Å². The van der Waals surface area contributed by atoms with Gasteiger partial charge in [-0.05, 0) is 62.6 Å². The molecule has 4 aromatic rings. The number of rotatable bonds is 11. The van der Waals surface area contributed by atoms with E-state index in [9.17, 15) is 4.79 Å². The summed E-state index contributed by atoms with van der Waals surface area (Å²) in [5, 5.41) is 0.614. The summed E-state index contributed by atoms with van der Waals surface area (Å²) in [4.78, 5) is 25.2. The van der Waals surface area contributed by atoms with E-state index in [1.165, 1.54) is 11.3 Å². The van der Waals surface area contributed by atoms with Crippen LogP contribution in [0.3, 0.4) is 0 Å². The number of hydrogen-bond donors (Lipinski definition) is 0. The van der Waals surface area contributed by atoms with Crippen molar-refractivity contribution in [2.45, 2.75) is 47.1 Å². The van der Waals surface area contributed by atoms with Gasteiger partial charge in [-0.1, -0.05) is 43.4 Å². The molecule has 7 nitrogen and oxygen atoms in total. The number of carbonyl (C=O) groups excluding carboxylic acids is 1. The van der Waals surface area contributed by atoms with Gasteiger partial charge in [-0.25, -0.2) is 4.98 Å². The summed E-state index contributed by atoms with van der Waals surface area (Å²) in [7, 11) is 0. The Morgan fingerprint density at radius 2 is 1.65 bits per heavy atom. The maximum Gasteiger partial charge on any atom is 0.260 e. The van der Waals surface area contributed by atoms with Crippen LogP contribution in [0, 0.1) is 0 Å². The Morgan fingerprint density at radius 3 is 2.24 bits per heavy atom. The van der Waals surface area contributed by atoms with E-state index in [-0.39, 0.29) is 12.5 Å². The Hall–Kier alpha value is -3.65. The lowest BCUT2D eigenvalue weighted by atomic mass is 10.0. The number of benzene rings is 2. The molecule has 0 aliphatic heterocycles. The zero-order chi connectivity index (χ0) is 26.4. The lowest BCUT2D eigenvalue weighted by Crippen LogP contribution is -2.30. The number of ether oxygens (including phenoxy) is 3. The third-order valence-corrected chi connectivity index (χ3v) is 6.78. The van der Waals surface area contributed by atoms with Crippen molar-refractivity contribution in [1.29, 1.82) is 0 Å². The first kappa shape index (κ1) is 26.4. The first-order chi connectivity index (χ1) is 18.0. The fourth-order valence-electron chi connectivity index (χ4n) is 4.09. The van der Waals surface area contributed by atoms with Crippen molar-refractivity contribution >= 4 is 32.6 Å². The largest absolute Gasteiger partial charge is 0.490 e. The molecule has 2 aromatic carbocycles. The minimum atomic E-state index is -0.222. The van der Waals surface area contributed by atoms with Crippen molar-refractivity contribution in [1.82, 2.24) is 9.97 Å². The molecule has 0 saturated heterocycles. The zero-order valence-corrected chi connectivity index (χ0v) is 22.8. The SMILES string of the molecule is CCOc1cc(C(=O)N(Cc2ccccn2)c2nc3c(C(C)C)cccc3s2)cc(OCC)c1OCC. The molecule has 37 heavy (non-hydrogen) atoms. The van der Waals surface area contributed by atoms with Crippen molar-refractivity contribution in [3.63, 3.8) is 0 Å². The summed E-state index contributed by atoms with van der Waals surface area (Å²) in [6.45, 7) is 11.6. The number of hydrogen-bond acceptors (Lipinski definition) is 7. The lowest BCUT2D eigenvalue weighted by molar-refractivity contribution is 0.0983. The predicted octanol–water partition coefficient (Wildman–Crippen LogP) is 6.86. The Balaban J connectivity index is 1.84. The Morgan fingerprint density at radius 1 is 0.946 bits per heavy atom. The third-order valence-electron chi connectivity index (χ3n) is 5.74. The number of anilines is 1. The second-order valence-electron chi connectivity index (χ2n) is 8.66. The summed E-state index contributed by atoms with van der Waals surface area (Å²) >= 11 is 1.50. The Labute approximate surface area is 222 Å². The van der Waals surface area contributed by atoms with Crippen LogP contribution >= 0.6 is 11.3 Å². The van der Waals surface area contributed by atoms with Crippen molar-refractivity contribution < 1.29 is 19.0 Å². The highest BCUT2D eigenvalue weighted by Crippen LogP contribution is 2.40. The van der Waals surface area contributed by atoms with E-state index >= 15 is 0 Å². The Kier molecular flexibility index (Phi) is 8.61. The van der Waals surface area contributed by atoms with Gasteiger partial charge in [0, 0.05) is 11.8 Å². The molecule has 0 atom stereocenters. The van der Waals surface area contributed by atoms with Gasteiger partial charge in [0.1, 0.15) is 0 Å². The zero-order valence-electron chi connectivity index (χ0n) is 22.0.